The highest BCUT2D eigenvalue weighted by Crippen LogP contribution is 2.26. The summed E-state index contributed by atoms with van der Waals surface area (Å²) in [7, 11) is 1.97. The third-order valence-corrected chi connectivity index (χ3v) is 12.7. The molecule has 0 heterocycles. The van der Waals surface area contributed by atoms with Gasteiger partial charge in [-0.25, -0.2) is 0 Å². The molecular weight excluding hydrogens is 1370 g/mol. The van der Waals surface area contributed by atoms with Crippen LogP contribution in [0.4, 0.5) is 0 Å². The second-order valence-electron chi connectivity index (χ2n) is 24.3. The predicted octanol–water partition coefficient (Wildman–Crippen LogP) is 10.5. The van der Waals surface area contributed by atoms with Crippen molar-refractivity contribution in [3.63, 3.8) is 0 Å². The van der Waals surface area contributed by atoms with Gasteiger partial charge < -0.3 is 15.4 Å². The van der Waals surface area contributed by atoms with Gasteiger partial charge in [-0.15, -0.1) is 6.42 Å². The van der Waals surface area contributed by atoms with Crippen LogP contribution in [0.1, 0.15) is 154 Å². The van der Waals surface area contributed by atoms with Gasteiger partial charge in [-0.3, -0.25) is 9.59 Å². The number of hydrogen-bond donors (Lipinski definition) is 2. The fourth-order valence-electron chi connectivity index (χ4n) is 6.43. The summed E-state index contributed by atoms with van der Waals surface area (Å²) < 4.78 is 5.78. The first-order valence-corrected chi connectivity index (χ1v) is 33.9. The molecule has 0 atom stereocenters. The molecule has 5 nitrogen and oxygen atoms in total. The van der Waals surface area contributed by atoms with Crippen LogP contribution in [0.2, 0.25) is 0 Å². The lowest BCUT2D eigenvalue weighted by molar-refractivity contribution is 0.0949. The zero-order valence-electron chi connectivity index (χ0n) is 65.3. The van der Waals surface area contributed by atoms with Gasteiger partial charge in [0, 0.05) is 326 Å². The molecule has 2 aromatic carbocycles. The standard InChI is InChI=1S/C69H4.C21H35NO2.C18H29NO/c1-3-5-7-9-11-13-15-17-19-21-23-25-27-29-31-33-35-37-39-41-43-45-47-49-51-53-55-57-59-61-63-65-67-69-68-66-64-62-60-58-56-54-52-50-48-46-44-42-40-38-36-34-32-30-28-26-24-22-20-18-16-14-12-10-8-6-4-2;1-7-21(5,6)14-16-24-18-11-9-17(10-12-18)19(23)22-15-8-13-20(2,3)4;1-17(2,3)15-11-9-14(10-12-15)16(20)8-7-13-18(4,5)19-6/h1H,2H3;9-12H,7-8,13-16H2,1-6H3,(H,22,23);9-12,19H,7-8,13H2,1-6H3. The molecule has 0 spiro atoms. The normalized spacial score (nSPS) is 7.19. The van der Waals surface area contributed by atoms with E-state index in [0.717, 1.165) is 56.4 Å². The van der Waals surface area contributed by atoms with Crippen LogP contribution in [0.25, 0.3) is 0 Å². The summed E-state index contributed by atoms with van der Waals surface area (Å²) in [5, 5.41) is 6.25. The Labute approximate surface area is 676 Å². The summed E-state index contributed by atoms with van der Waals surface area (Å²) in [6, 6.07) is 15.5. The Morgan fingerprint density at radius 2 is 0.611 bits per heavy atom. The van der Waals surface area contributed by atoms with Crippen LogP contribution in [0, 0.1) is 414 Å². The third-order valence-electron chi connectivity index (χ3n) is 12.7. The van der Waals surface area contributed by atoms with Crippen molar-refractivity contribution in [2.45, 2.75) is 139 Å². The highest BCUT2D eigenvalue weighted by molar-refractivity contribution is 5.96. The van der Waals surface area contributed by atoms with E-state index in [1.807, 2.05) is 43.4 Å². The molecule has 5 heteroatoms. The molecule has 0 aliphatic carbocycles. The predicted molar refractivity (Wildman–Crippen MR) is 459 cm³/mol. The number of Topliss-reactive ketones (excluding diaryl/α,β-unsaturated/α-hetero) is 1. The first-order valence-electron chi connectivity index (χ1n) is 33.9. The van der Waals surface area contributed by atoms with Crippen LogP contribution in [0.5, 0.6) is 5.75 Å². The van der Waals surface area contributed by atoms with Crippen molar-refractivity contribution < 1.29 is 14.3 Å². The number of rotatable bonds is 15. The number of benzene rings is 2. The van der Waals surface area contributed by atoms with Crippen LogP contribution in [0.15, 0.2) is 48.5 Å². The topological polar surface area (TPSA) is 67.4 Å². The third kappa shape index (κ3) is 66.1. The minimum Gasteiger partial charge on any atom is -0.494 e. The Bertz CT molecular complexity index is 6260. The summed E-state index contributed by atoms with van der Waals surface area (Å²) in [4.78, 5) is 24.3. The van der Waals surface area contributed by atoms with E-state index in [2.05, 4.69) is 496 Å². The Kier molecular flexibility index (Phi) is 56.0. The molecule has 0 bridgehead atoms. The molecule has 1 amide bonds. The van der Waals surface area contributed by atoms with Crippen LogP contribution in [-0.4, -0.2) is 37.4 Å². The maximum atomic E-state index is 12.2. The second kappa shape index (κ2) is 66.3. The summed E-state index contributed by atoms with van der Waals surface area (Å²) in [6.07, 6.45) is 11.8. The molecular formula is C108H68N2O3. The molecule has 0 radical (unpaired) electrons. The highest BCUT2D eigenvalue weighted by Gasteiger charge is 2.18. The molecule has 0 unspecified atom stereocenters. The van der Waals surface area contributed by atoms with Crippen molar-refractivity contribution in [2.75, 3.05) is 20.2 Å². The van der Waals surface area contributed by atoms with Gasteiger partial charge >= 0.3 is 0 Å². The van der Waals surface area contributed by atoms with E-state index in [-0.39, 0.29) is 22.6 Å². The van der Waals surface area contributed by atoms with Crippen molar-refractivity contribution in [1.29, 1.82) is 0 Å². The average molecular weight is 1440 g/mol. The van der Waals surface area contributed by atoms with Crippen molar-refractivity contribution in [1.82, 2.24) is 10.6 Å². The number of hydrogen-bond acceptors (Lipinski definition) is 4. The van der Waals surface area contributed by atoms with Gasteiger partial charge in [-0.1, -0.05) is 98.9 Å². The Morgan fingerprint density at radius 1 is 0.345 bits per heavy atom. The SMILES string of the molecule is C#CC#CC#CC#CC#CC#CC#CC#CC#CC#CC#CC#CC#CC#CC#CC#CC#CC#CC#CC#CC#CC#CC#CC#CC#CC#CC#CC#CC#CC#CC#CC#CC#CC#CC.CCC(C)(C)CCOc1ccc(C(=O)NCCCC(C)(C)C)cc1.CNC(C)(C)CCCC(=O)c1ccc(C(C)(C)C)cc1. The van der Waals surface area contributed by atoms with E-state index in [1.54, 1.807) is 6.92 Å². The Morgan fingerprint density at radius 3 is 0.850 bits per heavy atom. The number of terminal acetylenes is 1. The average Bonchev–Trinajstić information content (AvgIpc) is 0.852. The van der Waals surface area contributed by atoms with Gasteiger partial charge in [0.05, 0.1) is 6.61 Å². The molecule has 0 aromatic heterocycles. The first kappa shape index (κ1) is 95.4. The molecule has 0 saturated carbocycles. The minimum atomic E-state index is -0.0115. The largest absolute Gasteiger partial charge is 0.494 e. The molecule has 0 aliphatic rings. The first-order chi connectivity index (χ1) is 54.7. The molecule has 2 aromatic rings. The van der Waals surface area contributed by atoms with Gasteiger partial charge in [0.2, 0.25) is 0 Å². The van der Waals surface area contributed by atoms with Crippen LogP contribution in [0.3, 0.4) is 0 Å². The van der Waals surface area contributed by atoms with Crippen molar-refractivity contribution in [3.05, 3.63) is 65.2 Å². The van der Waals surface area contributed by atoms with E-state index in [9.17, 15) is 9.59 Å². The highest BCUT2D eigenvalue weighted by atomic mass is 16.5. The summed E-state index contributed by atoms with van der Waals surface area (Å²) in [5.41, 5.74) is 3.66. The van der Waals surface area contributed by atoms with Gasteiger partial charge in [0.1, 0.15) is 5.75 Å². The lowest BCUT2D eigenvalue weighted by atomic mass is 9.86. The molecule has 0 saturated heterocycles. The van der Waals surface area contributed by atoms with E-state index < -0.39 is 0 Å². The zero-order valence-corrected chi connectivity index (χ0v) is 65.3. The van der Waals surface area contributed by atoms with Crippen LogP contribution < -0.4 is 15.4 Å². The molecule has 0 aliphatic heterocycles. The fraction of sp³-hybridized carbons (Fsp3) is 0.241. The van der Waals surface area contributed by atoms with E-state index in [0.29, 0.717) is 29.4 Å². The Hall–Kier alpha value is -17.6. The van der Waals surface area contributed by atoms with Crippen molar-refractivity contribution in [2.24, 2.45) is 10.8 Å². The molecule has 2 N–H and O–H groups in total. The zero-order chi connectivity index (χ0) is 83.0. The van der Waals surface area contributed by atoms with Gasteiger partial charge in [-0.2, -0.15) is 0 Å². The lowest BCUT2D eigenvalue weighted by Crippen LogP contribution is -2.35. The van der Waals surface area contributed by atoms with Crippen LogP contribution in [-0.2, 0) is 5.41 Å². The number of nitrogens with one attached hydrogen (secondary N) is 2. The van der Waals surface area contributed by atoms with Crippen LogP contribution >= 0.6 is 0 Å². The maximum absolute atomic E-state index is 12.2. The van der Waals surface area contributed by atoms with E-state index in [1.165, 1.54) is 5.56 Å². The number of amides is 1. The fourth-order valence-corrected chi connectivity index (χ4v) is 6.43. The molecule has 2 rings (SSSR count). The van der Waals surface area contributed by atoms with Crippen molar-refractivity contribution >= 4 is 11.7 Å². The Balaban J connectivity index is 0.00000227. The number of carbonyl (C=O) groups excluding carboxylic acids is 2. The number of ether oxygens (including phenoxy) is 1. The maximum Gasteiger partial charge on any atom is 0.251 e. The number of carbonyl (C=O) groups is 2. The molecule has 0 fully saturated rings. The van der Waals surface area contributed by atoms with Gasteiger partial charge in [0.15, 0.2) is 5.78 Å². The lowest BCUT2D eigenvalue weighted by Gasteiger charge is -2.23. The monoisotopic (exact) mass is 1440 g/mol. The number of ketones is 1. The molecule has 113 heavy (non-hydrogen) atoms. The van der Waals surface area contributed by atoms with Crippen molar-refractivity contribution in [3.8, 4) is 409 Å². The summed E-state index contributed by atoms with van der Waals surface area (Å²) in [6.45, 7) is 27.4. The van der Waals surface area contributed by atoms with Gasteiger partial charge in [-0.05, 0) is 201 Å². The summed E-state index contributed by atoms with van der Waals surface area (Å²) in [5.74, 6) is 168. The quantitative estimate of drug-likeness (QED) is 0.106. The minimum absolute atomic E-state index is 0.0115. The second-order valence-corrected chi connectivity index (χ2v) is 24.3. The molecule has 528 valence electrons. The van der Waals surface area contributed by atoms with Gasteiger partial charge in [0.25, 0.3) is 5.91 Å². The van der Waals surface area contributed by atoms with E-state index in [4.69, 9.17) is 11.2 Å². The smallest absolute Gasteiger partial charge is 0.251 e. The summed E-state index contributed by atoms with van der Waals surface area (Å²) >= 11 is 0. The van der Waals surface area contributed by atoms with E-state index >= 15 is 0 Å².